The van der Waals surface area contributed by atoms with Gasteiger partial charge in [-0.25, -0.2) is 0 Å². The monoisotopic (exact) mass is 176 g/mol. The maximum absolute atomic E-state index is 5.37. The first-order chi connectivity index (χ1) is 6.24. The lowest BCUT2D eigenvalue weighted by molar-refractivity contribution is 0.363. The molecule has 0 saturated heterocycles. The highest BCUT2D eigenvalue weighted by Gasteiger charge is 1.98. The van der Waals surface area contributed by atoms with Gasteiger partial charge in [0.05, 0.1) is 0 Å². The Morgan fingerprint density at radius 1 is 1.31 bits per heavy atom. The van der Waals surface area contributed by atoms with Gasteiger partial charge in [-0.05, 0) is 23.6 Å². The number of ether oxygens (including phenoxy) is 1. The molecule has 1 rings (SSSR count). The standard InChI is InChI=1S/C12H16O/c1-4-9-13-12-7-5-11(6-8-12)10(2)3/h4-8,10H,1,9H2,2-3H3. The predicted molar refractivity (Wildman–Crippen MR) is 56.2 cm³/mol. The summed E-state index contributed by atoms with van der Waals surface area (Å²) in [5.41, 5.74) is 1.34. The van der Waals surface area contributed by atoms with E-state index in [0.717, 1.165) is 5.75 Å². The van der Waals surface area contributed by atoms with E-state index < -0.39 is 0 Å². The molecule has 0 aliphatic rings. The van der Waals surface area contributed by atoms with Crippen LogP contribution in [0, 0.1) is 0 Å². The van der Waals surface area contributed by atoms with Crippen molar-refractivity contribution in [1.82, 2.24) is 0 Å². The third-order valence-corrected chi connectivity index (χ3v) is 1.91. The largest absolute Gasteiger partial charge is 0.490 e. The Hall–Kier alpha value is -1.24. The Bertz CT molecular complexity index is 259. The van der Waals surface area contributed by atoms with Gasteiger partial charge >= 0.3 is 0 Å². The number of hydrogen-bond acceptors (Lipinski definition) is 1. The SMILES string of the molecule is C=CCOc1ccc(C(C)C)cc1. The first kappa shape index (κ1) is 9.85. The lowest BCUT2D eigenvalue weighted by Gasteiger charge is -2.07. The minimum atomic E-state index is 0.570. The van der Waals surface area contributed by atoms with Crippen molar-refractivity contribution in [2.75, 3.05) is 6.61 Å². The first-order valence-corrected chi connectivity index (χ1v) is 4.57. The summed E-state index contributed by atoms with van der Waals surface area (Å²) >= 11 is 0. The molecule has 1 nitrogen and oxygen atoms in total. The van der Waals surface area contributed by atoms with E-state index in [0.29, 0.717) is 12.5 Å². The molecule has 0 aliphatic heterocycles. The average Bonchev–Trinajstić information content (AvgIpc) is 2.15. The van der Waals surface area contributed by atoms with Gasteiger partial charge in [0.25, 0.3) is 0 Å². The summed E-state index contributed by atoms with van der Waals surface area (Å²) in [6.45, 7) is 8.53. The van der Waals surface area contributed by atoms with Gasteiger partial charge in [-0.1, -0.05) is 38.6 Å². The third-order valence-electron chi connectivity index (χ3n) is 1.91. The second-order valence-corrected chi connectivity index (χ2v) is 3.32. The van der Waals surface area contributed by atoms with E-state index in [1.54, 1.807) is 6.08 Å². The van der Waals surface area contributed by atoms with Crippen molar-refractivity contribution in [1.29, 1.82) is 0 Å². The van der Waals surface area contributed by atoms with Crippen LogP contribution in [0.3, 0.4) is 0 Å². The van der Waals surface area contributed by atoms with E-state index in [1.807, 2.05) is 12.1 Å². The molecule has 0 bridgehead atoms. The van der Waals surface area contributed by atoms with Gasteiger partial charge in [-0.15, -0.1) is 0 Å². The van der Waals surface area contributed by atoms with Crippen LogP contribution < -0.4 is 4.74 Å². The molecule has 0 spiro atoms. The number of benzene rings is 1. The minimum Gasteiger partial charge on any atom is -0.490 e. The quantitative estimate of drug-likeness (QED) is 0.639. The highest BCUT2D eigenvalue weighted by molar-refractivity contribution is 5.28. The third kappa shape index (κ3) is 2.94. The molecular formula is C12H16O. The highest BCUT2D eigenvalue weighted by Crippen LogP contribution is 2.18. The zero-order valence-electron chi connectivity index (χ0n) is 8.29. The zero-order valence-corrected chi connectivity index (χ0v) is 8.29. The van der Waals surface area contributed by atoms with E-state index in [1.165, 1.54) is 5.56 Å². The first-order valence-electron chi connectivity index (χ1n) is 4.57. The molecule has 0 amide bonds. The van der Waals surface area contributed by atoms with Crippen molar-refractivity contribution >= 4 is 0 Å². The van der Waals surface area contributed by atoms with Gasteiger partial charge < -0.3 is 4.74 Å². The molecule has 0 unspecified atom stereocenters. The molecule has 1 heteroatoms. The maximum atomic E-state index is 5.37. The van der Waals surface area contributed by atoms with Gasteiger partial charge in [-0.3, -0.25) is 0 Å². The van der Waals surface area contributed by atoms with Crippen molar-refractivity contribution in [2.24, 2.45) is 0 Å². The molecule has 1 aromatic carbocycles. The average molecular weight is 176 g/mol. The molecule has 0 fully saturated rings. The normalized spacial score (nSPS) is 10.1. The Kier molecular flexibility index (Phi) is 3.56. The van der Waals surface area contributed by atoms with Crippen molar-refractivity contribution in [2.45, 2.75) is 19.8 Å². The van der Waals surface area contributed by atoms with Gasteiger partial charge in [0.2, 0.25) is 0 Å². The maximum Gasteiger partial charge on any atom is 0.119 e. The summed E-state index contributed by atoms with van der Waals surface area (Å²) < 4.78 is 5.37. The van der Waals surface area contributed by atoms with Crippen LogP contribution in [0.4, 0.5) is 0 Å². The Morgan fingerprint density at radius 3 is 2.38 bits per heavy atom. The molecule has 0 N–H and O–H groups in total. The lowest BCUT2D eigenvalue weighted by atomic mass is 10.0. The van der Waals surface area contributed by atoms with Gasteiger partial charge in [0, 0.05) is 0 Å². The molecule has 0 aromatic heterocycles. The molecular weight excluding hydrogens is 160 g/mol. The Labute approximate surface area is 80.0 Å². The fourth-order valence-corrected chi connectivity index (χ4v) is 1.10. The molecule has 0 atom stereocenters. The second-order valence-electron chi connectivity index (χ2n) is 3.32. The Balaban J connectivity index is 2.64. The molecule has 0 saturated carbocycles. The number of hydrogen-bond donors (Lipinski definition) is 0. The summed E-state index contributed by atoms with van der Waals surface area (Å²) in [6.07, 6.45) is 1.75. The van der Waals surface area contributed by atoms with Crippen LogP contribution in [0.25, 0.3) is 0 Å². The molecule has 1 aromatic rings. The predicted octanol–water partition coefficient (Wildman–Crippen LogP) is 3.37. The van der Waals surface area contributed by atoms with Crippen molar-refractivity contribution in [3.8, 4) is 5.75 Å². The fourth-order valence-electron chi connectivity index (χ4n) is 1.10. The number of rotatable bonds is 4. The molecule has 70 valence electrons. The van der Waals surface area contributed by atoms with Crippen LogP contribution in [0.5, 0.6) is 5.75 Å². The van der Waals surface area contributed by atoms with E-state index in [9.17, 15) is 0 Å². The van der Waals surface area contributed by atoms with E-state index in [4.69, 9.17) is 4.74 Å². The minimum absolute atomic E-state index is 0.570. The second kappa shape index (κ2) is 4.70. The molecule has 0 radical (unpaired) electrons. The van der Waals surface area contributed by atoms with Crippen LogP contribution in [0.15, 0.2) is 36.9 Å². The fraction of sp³-hybridized carbons (Fsp3) is 0.333. The topological polar surface area (TPSA) is 9.23 Å². The van der Waals surface area contributed by atoms with Crippen molar-refractivity contribution in [3.05, 3.63) is 42.5 Å². The lowest BCUT2D eigenvalue weighted by Crippen LogP contribution is -1.93. The molecule has 0 heterocycles. The van der Waals surface area contributed by atoms with Crippen LogP contribution in [-0.4, -0.2) is 6.61 Å². The van der Waals surface area contributed by atoms with Crippen LogP contribution in [0.2, 0.25) is 0 Å². The van der Waals surface area contributed by atoms with E-state index >= 15 is 0 Å². The van der Waals surface area contributed by atoms with Gasteiger partial charge in [-0.2, -0.15) is 0 Å². The van der Waals surface area contributed by atoms with E-state index in [2.05, 4.69) is 32.6 Å². The van der Waals surface area contributed by atoms with E-state index in [-0.39, 0.29) is 0 Å². The zero-order chi connectivity index (χ0) is 9.68. The highest BCUT2D eigenvalue weighted by atomic mass is 16.5. The van der Waals surface area contributed by atoms with Crippen molar-refractivity contribution < 1.29 is 4.74 Å². The van der Waals surface area contributed by atoms with Crippen LogP contribution in [0.1, 0.15) is 25.3 Å². The summed E-state index contributed by atoms with van der Waals surface area (Å²) in [6, 6.07) is 8.20. The Morgan fingerprint density at radius 2 is 1.92 bits per heavy atom. The van der Waals surface area contributed by atoms with Gasteiger partial charge in [0.1, 0.15) is 12.4 Å². The summed E-state index contributed by atoms with van der Waals surface area (Å²) in [4.78, 5) is 0. The van der Waals surface area contributed by atoms with Gasteiger partial charge in [0.15, 0.2) is 0 Å². The summed E-state index contributed by atoms with van der Waals surface area (Å²) in [5.74, 6) is 1.48. The molecule has 0 aliphatic carbocycles. The van der Waals surface area contributed by atoms with Crippen LogP contribution >= 0.6 is 0 Å². The van der Waals surface area contributed by atoms with Crippen LogP contribution in [-0.2, 0) is 0 Å². The smallest absolute Gasteiger partial charge is 0.119 e. The summed E-state index contributed by atoms with van der Waals surface area (Å²) in [5, 5.41) is 0. The summed E-state index contributed by atoms with van der Waals surface area (Å²) in [7, 11) is 0. The molecule has 13 heavy (non-hydrogen) atoms. The van der Waals surface area contributed by atoms with Crippen molar-refractivity contribution in [3.63, 3.8) is 0 Å².